The lowest BCUT2D eigenvalue weighted by Crippen LogP contribution is -2.21. The van der Waals surface area contributed by atoms with Crippen LogP contribution in [0.1, 0.15) is 22.7 Å². The second-order valence-corrected chi connectivity index (χ2v) is 5.64. The van der Waals surface area contributed by atoms with Gasteiger partial charge in [-0.3, -0.25) is 9.59 Å². The van der Waals surface area contributed by atoms with Crippen molar-refractivity contribution in [1.82, 2.24) is 5.32 Å². The van der Waals surface area contributed by atoms with Gasteiger partial charge in [-0.15, -0.1) is 12.4 Å². The van der Waals surface area contributed by atoms with E-state index in [1.165, 1.54) is 0 Å². The normalized spacial score (nSPS) is 18.4. The van der Waals surface area contributed by atoms with E-state index in [1.54, 1.807) is 31.4 Å². The van der Waals surface area contributed by atoms with Crippen molar-refractivity contribution in [1.29, 1.82) is 0 Å². The molecule has 2 aromatic carbocycles. The lowest BCUT2D eigenvalue weighted by atomic mass is 9.95. The number of halogens is 1. The van der Waals surface area contributed by atoms with E-state index in [9.17, 15) is 14.7 Å². The topological polar surface area (TPSA) is 75.6 Å². The van der Waals surface area contributed by atoms with Gasteiger partial charge in [0, 0.05) is 5.56 Å². The van der Waals surface area contributed by atoms with Gasteiger partial charge >= 0.3 is 0 Å². The summed E-state index contributed by atoms with van der Waals surface area (Å²) >= 11 is 0. The van der Waals surface area contributed by atoms with Crippen LogP contribution in [0.25, 0.3) is 5.76 Å². The predicted molar refractivity (Wildman–Crippen MR) is 96.9 cm³/mol. The van der Waals surface area contributed by atoms with E-state index in [4.69, 9.17) is 4.74 Å². The van der Waals surface area contributed by atoms with Gasteiger partial charge in [-0.25, -0.2) is 0 Å². The summed E-state index contributed by atoms with van der Waals surface area (Å²) in [5.41, 5.74) is 2.33. The Balaban J connectivity index is 0.00000225. The van der Waals surface area contributed by atoms with E-state index >= 15 is 0 Å². The molecule has 0 spiro atoms. The summed E-state index contributed by atoms with van der Waals surface area (Å²) in [5, 5.41) is 13.2. The number of amides is 1. The van der Waals surface area contributed by atoms with Crippen molar-refractivity contribution >= 4 is 29.9 Å². The van der Waals surface area contributed by atoms with Gasteiger partial charge in [0.1, 0.15) is 11.5 Å². The summed E-state index contributed by atoms with van der Waals surface area (Å²) in [6, 6.07) is 13.4. The molecule has 1 unspecified atom stereocenters. The molecule has 1 amide bonds. The van der Waals surface area contributed by atoms with E-state index in [0.717, 1.165) is 11.1 Å². The van der Waals surface area contributed by atoms with Crippen LogP contribution in [0.3, 0.4) is 0 Å². The van der Waals surface area contributed by atoms with E-state index in [-0.39, 0.29) is 23.7 Å². The lowest BCUT2D eigenvalue weighted by Gasteiger charge is -2.14. The zero-order valence-corrected chi connectivity index (χ0v) is 14.6. The third-order valence-electron chi connectivity index (χ3n) is 4.04. The quantitative estimate of drug-likeness (QED) is 0.501. The standard InChI is InChI=1S/C19H17NO4.ClH/c1-11-3-5-12(6-4-11)16-15(18(22)19(23)20-16)17(21)13-7-9-14(24-2)10-8-13;/h3-10,16,21H,1-2H3,(H,20,23);1H/b17-15+;. The summed E-state index contributed by atoms with van der Waals surface area (Å²) in [6.45, 7) is 1.95. The third-order valence-corrected chi connectivity index (χ3v) is 4.04. The molecule has 0 aromatic heterocycles. The molecule has 0 aliphatic carbocycles. The number of hydrogen-bond donors (Lipinski definition) is 2. The molecule has 25 heavy (non-hydrogen) atoms. The number of hydrogen-bond acceptors (Lipinski definition) is 4. The predicted octanol–water partition coefficient (Wildman–Crippen LogP) is 3.13. The summed E-state index contributed by atoms with van der Waals surface area (Å²) in [5.74, 6) is -0.991. The highest BCUT2D eigenvalue weighted by atomic mass is 35.5. The Labute approximate surface area is 151 Å². The highest BCUT2D eigenvalue weighted by molar-refractivity contribution is 6.46. The SMILES string of the molecule is COc1ccc(/C(O)=C2\C(=O)C(=O)NC2c2ccc(C)cc2)cc1.Cl. The second-order valence-electron chi connectivity index (χ2n) is 5.64. The summed E-state index contributed by atoms with van der Waals surface area (Å²) in [4.78, 5) is 24.1. The van der Waals surface area contributed by atoms with Crippen LogP contribution in [0.2, 0.25) is 0 Å². The van der Waals surface area contributed by atoms with Crippen molar-refractivity contribution in [2.75, 3.05) is 7.11 Å². The molecular formula is C19H18ClNO4. The van der Waals surface area contributed by atoms with Crippen molar-refractivity contribution < 1.29 is 19.4 Å². The number of aliphatic hydroxyl groups is 1. The van der Waals surface area contributed by atoms with Gasteiger partial charge in [-0.05, 0) is 36.8 Å². The molecule has 1 fully saturated rings. The number of carbonyl (C=O) groups is 2. The number of rotatable bonds is 3. The maximum Gasteiger partial charge on any atom is 0.293 e. The molecule has 1 atom stereocenters. The van der Waals surface area contributed by atoms with Crippen molar-refractivity contribution in [3.05, 3.63) is 70.8 Å². The zero-order chi connectivity index (χ0) is 17.3. The third kappa shape index (κ3) is 3.51. The monoisotopic (exact) mass is 359 g/mol. The summed E-state index contributed by atoms with van der Waals surface area (Å²) < 4.78 is 5.08. The molecule has 0 saturated carbocycles. The highest BCUT2D eigenvalue weighted by Gasteiger charge is 2.39. The maximum absolute atomic E-state index is 12.2. The summed E-state index contributed by atoms with van der Waals surface area (Å²) in [6.07, 6.45) is 0. The van der Waals surface area contributed by atoms with Crippen molar-refractivity contribution in [3.8, 4) is 5.75 Å². The Hall–Kier alpha value is -2.79. The minimum atomic E-state index is -0.714. The number of methoxy groups -OCH3 is 1. The Morgan fingerprint density at radius 3 is 2.20 bits per heavy atom. The van der Waals surface area contributed by atoms with E-state index in [2.05, 4.69) is 5.32 Å². The van der Waals surface area contributed by atoms with E-state index in [0.29, 0.717) is 11.3 Å². The van der Waals surface area contributed by atoms with Gasteiger partial charge in [0.15, 0.2) is 0 Å². The van der Waals surface area contributed by atoms with Gasteiger partial charge in [0.2, 0.25) is 0 Å². The van der Waals surface area contributed by atoms with Crippen molar-refractivity contribution in [2.45, 2.75) is 13.0 Å². The first-order valence-electron chi connectivity index (χ1n) is 7.50. The van der Waals surface area contributed by atoms with E-state index < -0.39 is 17.7 Å². The molecule has 1 aliphatic rings. The molecule has 1 heterocycles. The Morgan fingerprint density at radius 2 is 1.64 bits per heavy atom. The van der Waals surface area contributed by atoms with Crippen LogP contribution in [-0.4, -0.2) is 23.9 Å². The van der Waals surface area contributed by atoms with Gasteiger partial charge in [0.05, 0.1) is 18.7 Å². The minimum absolute atomic E-state index is 0. The number of ether oxygens (including phenoxy) is 1. The number of Topliss-reactive ketones (excluding diaryl/α,β-unsaturated/α-hetero) is 1. The van der Waals surface area contributed by atoms with Crippen LogP contribution in [0, 0.1) is 6.92 Å². The number of nitrogens with one attached hydrogen (secondary N) is 1. The number of ketones is 1. The first-order valence-corrected chi connectivity index (χ1v) is 7.50. The largest absolute Gasteiger partial charge is 0.507 e. The average molecular weight is 360 g/mol. The Kier molecular flexibility index (Phi) is 5.49. The van der Waals surface area contributed by atoms with Crippen molar-refractivity contribution in [2.24, 2.45) is 0 Å². The van der Waals surface area contributed by atoms with Crippen LogP contribution in [0.5, 0.6) is 5.75 Å². The van der Waals surface area contributed by atoms with Gasteiger partial charge < -0.3 is 15.2 Å². The Bertz CT molecular complexity index is 826. The first kappa shape index (κ1) is 18.5. The number of aryl methyl sites for hydroxylation is 1. The lowest BCUT2D eigenvalue weighted by molar-refractivity contribution is -0.133. The molecule has 1 saturated heterocycles. The Morgan fingerprint density at radius 1 is 1.04 bits per heavy atom. The number of aliphatic hydroxyl groups excluding tert-OH is 1. The van der Waals surface area contributed by atoms with Crippen LogP contribution >= 0.6 is 12.4 Å². The molecular weight excluding hydrogens is 342 g/mol. The maximum atomic E-state index is 12.2. The van der Waals surface area contributed by atoms with Gasteiger partial charge in [-0.2, -0.15) is 0 Å². The van der Waals surface area contributed by atoms with Crippen LogP contribution < -0.4 is 10.1 Å². The molecule has 1 aliphatic heterocycles. The molecule has 0 radical (unpaired) electrons. The number of benzene rings is 2. The smallest absolute Gasteiger partial charge is 0.293 e. The molecule has 2 N–H and O–H groups in total. The highest BCUT2D eigenvalue weighted by Crippen LogP contribution is 2.33. The first-order chi connectivity index (χ1) is 11.5. The molecule has 6 heteroatoms. The fourth-order valence-corrected chi connectivity index (χ4v) is 2.68. The fraction of sp³-hybridized carbons (Fsp3) is 0.158. The fourth-order valence-electron chi connectivity index (χ4n) is 2.68. The van der Waals surface area contributed by atoms with Crippen LogP contribution in [0.4, 0.5) is 0 Å². The second kappa shape index (κ2) is 7.40. The van der Waals surface area contributed by atoms with Crippen LogP contribution in [-0.2, 0) is 9.59 Å². The number of carbonyl (C=O) groups excluding carboxylic acids is 2. The van der Waals surface area contributed by atoms with Crippen LogP contribution in [0.15, 0.2) is 54.1 Å². The molecule has 0 bridgehead atoms. The molecule has 3 rings (SSSR count). The van der Waals surface area contributed by atoms with E-state index in [1.807, 2.05) is 31.2 Å². The minimum Gasteiger partial charge on any atom is -0.507 e. The molecule has 130 valence electrons. The average Bonchev–Trinajstić information content (AvgIpc) is 2.90. The summed E-state index contributed by atoms with van der Waals surface area (Å²) in [7, 11) is 1.55. The zero-order valence-electron chi connectivity index (χ0n) is 13.8. The van der Waals surface area contributed by atoms with Gasteiger partial charge in [-0.1, -0.05) is 29.8 Å². The van der Waals surface area contributed by atoms with Gasteiger partial charge in [0.25, 0.3) is 11.7 Å². The van der Waals surface area contributed by atoms with Crippen molar-refractivity contribution in [3.63, 3.8) is 0 Å². The molecule has 5 nitrogen and oxygen atoms in total. The molecule has 2 aromatic rings.